The van der Waals surface area contributed by atoms with E-state index in [1.165, 1.54) is 47.1 Å². The Labute approximate surface area is 185 Å². The fourth-order valence-electron chi connectivity index (χ4n) is 3.35. The van der Waals surface area contributed by atoms with Crippen LogP contribution in [0.5, 0.6) is 5.75 Å². The van der Waals surface area contributed by atoms with Crippen molar-refractivity contribution >= 4 is 11.9 Å². The predicted octanol–water partition coefficient (Wildman–Crippen LogP) is 4.87. The summed E-state index contributed by atoms with van der Waals surface area (Å²) < 4.78 is 56.2. The highest BCUT2D eigenvalue weighted by Gasteiger charge is 2.31. The molecule has 4 aromatic rings. The van der Waals surface area contributed by atoms with Gasteiger partial charge in [0.1, 0.15) is 11.8 Å². The first-order chi connectivity index (χ1) is 15.8. The molecule has 168 valence electrons. The number of aromatic nitrogens is 2. The molecule has 33 heavy (non-hydrogen) atoms. The molecule has 0 atom stereocenters. The first-order valence-electron chi connectivity index (χ1n) is 9.99. The highest BCUT2D eigenvalue weighted by atomic mass is 19.4. The second-order valence-electron chi connectivity index (χ2n) is 7.15. The molecule has 5 nitrogen and oxygen atoms in total. The zero-order valence-corrected chi connectivity index (χ0v) is 17.2. The minimum atomic E-state index is -4.52. The van der Waals surface area contributed by atoms with Crippen molar-refractivity contribution < 1.29 is 27.0 Å². The predicted molar refractivity (Wildman–Crippen MR) is 114 cm³/mol. The summed E-state index contributed by atoms with van der Waals surface area (Å²) >= 11 is 0. The van der Waals surface area contributed by atoms with Gasteiger partial charge in [0.15, 0.2) is 11.6 Å². The summed E-state index contributed by atoms with van der Waals surface area (Å²) in [6, 6.07) is 15.7. The van der Waals surface area contributed by atoms with E-state index in [0.29, 0.717) is 18.6 Å². The molecule has 9 heteroatoms. The standard InChI is InChI=1S/C24H18F4N3O2/c25-20-9-1-2-10-21(20)33-29-12-6-13-30-16-19(23(32)31-14-4-3-11-22(30)31)17-7-5-8-18(15-17)24(26,27)28/h1-5,7-12,14-16H,6,13H2/q+1/b29-12+. The van der Waals surface area contributed by atoms with E-state index in [4.69, 9.17) is 4.84 Å². The number of hydrogen-bond donors (Lipinski definition) is 0. The van der Waals surface area contributed by atoms with E-state index in [-0.39, 0.29) is 16.9 Å². The van der Waals surface area contributed by atoms with Crippen LogP contribution in [0.15, 0.2) is 89.1 Å². The molecule has 2 aromatic carbocycles. The van der Waals surface area contributed by atoms with Gasteiger partial charge in [0.2, 0.25) is 0 Å². The number of benzene rings is 2. The third kappa shape index (κ3) is 4.92. The maximum atomic E-state index is 13.6. The minimum Gasteiger partial charge on any atom is -0.354 e. The lowest BCUT2D eigenvalue weighted by molar-refractivity contribution is -0.672. The molecule has 0 amide bonds. The zero-order valence-electron chi connectivity index (χ0n) is 17.2. The molecule has 0 aliphatic rings. The summed E-state index contributed by atoms with van der Waals surface area (Å²) in [6.07, 6.45) is 0.380. The van der Waals surface area contributed by atoms with Crippen LogP contribution in [-0.4, -0.2) is 10.6 Å². The Balaban J connectivity index is 1.63. The number of rotatable bonds is 6. The summed E-state index contributed by atoms with van der Waals surface area (Å²) in [7, 11) is 0. The van der Waals surface area contributed by atoms with Crippen LogP contribution >= 0.6 is 0 Å². The summed E-state index contributed by atoms with van der Waals surface area (Å²) in [4.78, 5) is 18.0. The van der Waals surface area contributed by atoms with Gasteiger partial charge >= 0.3 is 11.7 Å². The number of halogens is 4. The Morgan fingerprint density at radius 1 is 1.03 bits per heavy atom. The van der Waals surface area contributed by atoms with E-state index >= 15 is 0 Å². The van der Waals surface area contributed by atoms with Crippen molar-refractivity contribution in [2.24, 2.45) is 5.16 Å². The van der Waals surface area contributed by atoms with Crippen molar-refractivity contribution in [2.75, 3.05) is 0 Å². The first kappa shape index (κ1) is 22.2. The summed E-state index contributed by atoms with van der Waals surface area (Å²) in [5, 5.41) is 3.76. The third-order valence-corrected chi connectivity index (χ3v) is 4.93. The zero-order chi connectivity index (χ0) is 23.4. The maximum Gasteiger partial charge on any atom is 0.416 e. The Morgan fingerprint density at radius 3 is 2.61 bits per heavy atom. The maximum absolute atomic E-state index is 13.6. The van der Waals surface area contributed by atoms with Crippen molar-refractivity contribution in [1.82, 2.24) is 4.40 Å². The Hall–Kier alpha value is -4.01. The fourth-order valence-corrected chi connectivity index (χ4v) is 3.35. The van der Waals surface area contributed by atoms with Crippen LogP contribution in [0, 0.1) is 5.82 Å². The molecule has 4 rings (SSSR count). The van der Waals surface area contributed by atoms with Crippen LogP contribution in [0.2, 0.25) is 0 Å². The summed E-state index contributed by atoms with van der Waals surface area (Å²) in [5.41, 5.74) is -0.413. The van der Waals surface area contributed by atoms with Gasteiger partial charge in [0, 0.05) is 18.7 Å². The van der Waals surface area contributed by atoms with Crippen molar-refractivity contribution in [3.63, 3.8) is 0 Å². The largest absolute Gasteiger partial charge is 0.416 e. The molecule has 0 bridgehead atoms. The lowest BCUT2D eigenvalue weighted by atomic mass is 10.1. The Bertz CT molecular complexity index is 1380. The normalized spacial score (nSPS) is 11.9. The minimum absolute atomic E-state index is 0.00931. The SMILES string of the molecule is O=c1c(-c2cccc(C(F)(F)F)c2)c[n+](CC/C=N/Oc2ccccc2F)c2ccccn12. The van der Waals surface area contributed by atoms with Gasteiger partial charge in [0.25, 0.3) is 5.65 Å². The first-order valence-corrected chi connectivity index (χ1v) is 9.99. The molecule has 0 saturated carbocycles. The van der Waals surface area contributed by atoms with Gasteiger partial charge in [-0.2, -0.15) is 17.6 Å². The molecule has 0 aliphatic heterocycles. The number of nitrogens with zero attached hydrogens (tertiary/aromatic N) is 3. The van der Waals surface area contributed by atoms with Gasteiger partial charge in [-0.15, -0.1) is 0 Å². The third-order valence-electron chi connectivity index (χ3n) is 4.93. The number of oxime groups is 1. The van der Waals surface area contributed by atoms with E-state index in [1.807, 2.05) is 0 Å². The lowest BCUT2D eigenvalue weighted by Crippen LogP contribution is -2.40. The molecule has 0 spiro atoms. The molecule has 0 fully saturated rings. The molecular formula is C24H18F4N3O2+. The van der Waals surface area contributed by atoms with Gasteiger partial charge in [-0.1, -0.05) is 35.5 Å². The van der Waals surface area contributed by atoms with Crippen LogP contribution in [0.25, 0.3) is 16.8 Å². The Kier molecular flexibility index (Phi) is 6.21. The van der Waals surface area contributed by atoms with Crippen LogP contribution < -0.4 is 15.0 Å². The van der Waals surface area contributed by atoms with Crippen molar-refractivity contribution in [3.8, 4) is 16.9 Å². The second-order valence-corrected chi connectivity index (χ2v) is 7.15. The number of alkyl halides is 3. The van der Waals surface area contributed by atoms with E-state index in [0.717, 1.165) is 12.1 Å². The van der Waals surface area contributed by atoms with Gasteiger partial charge in [0.05, 0.1) is 18.3 Å². The number of para-hydroxylation sites is 1. The fraction of sp³-hybridized carbons (Fsp3) is 0.125. The van der Waals surface area contributed by atoms with E-state index < -0.39 is 23.1 Å². The van der Waals surface area contributed by atoms with Crippen LogP contribution in [-0.2, 0) is 12.7 Å². The molecule has 0 aliphatic carbocycles. The van der Waals surface area contributed by atoms with Crippen molar-refractivity contribution in [2.45, 2.75) is 19.1 Å². The van der Waals surface area contributed by atoms with Gasteiger partial charge in [-0.3, -0.25) is 0 Å². The summed E-state index contributed by atoms with van der Waals surface area (Å²) in [6.45, 7) is 0.351. The number of hydrogen-bond acceptors (Lipinski definition) is 3. The van der Waals surface area contributed by atoms with E-state index in [1.54, 1.807) is 35.0 Å². The average molecular weight is 456 g/mol. The van der Waals surface area contributed by atoms with Crippen LogP contribution in [0.4, 0.5) is 17.6 Å². The molecular weight excluding hydrogens is 438 g/mol. The van der Waals surface area contributed by atoms with Crippen molar-refractivity contribution in [3.05, 3.63) is 101 Å². The van der Waals surface area contributed by atoms with E-state index in [9.17, 15) is 22.4 Å². The lowest BCUT2D eigenvalue weighted by Gasteiger charge is -2.09. The molecule has 2 heterocycles. The molecule has 0 radical (unpaired) electrons. The van der Waals surface area contributed by atoms with Gasteiger partial charge in [-0.25, -0.2) is 13.8 Å². The number of aryl methyl sites for hydroxylation is 1. The van der Waals surface area contributed by atoms with Gasteiger partial charge in [-0.05, 0) is 35.9 Å². The Morgan fingerprint density at radius 2 is 1.82 bits per heavy atom. The number of pyridine rings is 1. The summed E-state index contributed by atoms with van der Waals surface area (Å²) in [5.74, 6) is -0.548. The van der Waals surface area contributed by atoms with Crippen molar-refractivity contribution in [1.29, 1.82) is 0 Å². The monoisotopic (exact) mass is 456 g/mol. The van der Waals surface area contributed by atoms with Gasteiger partial charge < -0.3 is 4.84 Å². The van der Waals surface area contributed by atoms with E-state index in [2.05, 4.69) is 5.16 Å². The smallest absolute Gasteiger partial charge is 0.354 e. The average Bonchev–Trinajstić information content (AvgIpc) is 2.81. The molecule has 0 N–H and O–H groups in total. The highest BCUT2D eigenvalue weighted by molar-refractivity contribution is 5.63. The molecule has 2 aromatic heterocycles. The van der Waals surface area contributed by atoms with Crippen LogP contribution in [0.1, 0.15) is 12.0 Å². The molecule has 0 unspecified atom stereocenters. The second kappa shape index (κ2) is 9.23. The topological polar surface area (TPSA) is 47.0 Å². The van der Waals surface area contributed by atoms with Crippen LogP contribution in [0.3, 0.4) is 0 Å². The molecule has 0 saturated heterocycles. The number of fused-ring (bicyclic) bond motifs is 1. The quantitative estimate of drug-likeness (QED) is 0.180. The highest BCUT2D eigenvalue weighted by Crippen LogP contribution is 2.31.